The lowest BCUT2D eigenvalue weighted by atomic mass is 10.2. The van der Waals surface area contributed by atoms with Crippen molar-refractivity contribution in [2.45, 2.75) is 13.1 Å². The van der Waals surface area contributed by atoms with Crippen molar-refractivity contribution in [3.63, 3.8) is 0 Å². The molecule has 30 heavy (non-hydrogen) atoms. The first-order valence-electron chi connectivity index (χ1n) is 9.06. The molecule has 0 aliphatic rings. The smallest absolute Gasteiger partial charge is 0.281 e. The Morgan fingerprint density at radius 2 is 2.00 bits per heavy atom. The first-order chi connectivity index (χ1) is 14.6. The van der Waals surface area contributed by atoms with Crippen LogP contribution in [0, 0.1) is 0 Å². The van der Waals surface area contributed by atoms with Crippen LogP contribution in [-0.2, 0) is 13.1 Å². The van der Waals surface area contributed by atoms with Gasteiger partial charge in [0.05, 0.1) is 20.0 Å². The Bertz CT molecular complexity index is 1270. The van der Waals surface area contributed by atoms with Crippen LogP contribution in [0.15, 0.2) is 64.1 Å². The van der Waals surface area contributed by atoms with Gasteiger partial charge < -0.3 is 10.1 Å². The van der Waals surface area contributed by atoms with Crippen molar-refractivity contribution in [3.05, 3.63) is 85.7 Å². The third-order valence-corrected chi connectivity index (χ3v) is 5.87. The molecule has 0 unspecified atom stereocenters. The molecule has 1 amide bonds. The molecule has 4 aromatic rings. The van der Waals surface area contributed by atoms with E-state index in [9.17, 15) is 9.59 Å². The average molecular weight is 485 g/mol. The highest BCUT2D eigenvalue weighted by Gasteiger charge is 2.19. The molecule has 2 heterocycles. The van der Waals surface area contributed by atoms with Gasteiger partial charge in [-0.2, -0.15) is 4.37 Å². The number of carbonyl (C=O) groups is 1. The molecule has 0 bridgehead atoms. The Hall–Kier alpha value is -3.04. The molecule has 0 saturated carbocycles. The molecule has 0 spiro atoms. The van der Waals surface area contributed by atoms with E-state index in [1.165, 1.54) is 10.9 Å². The van der Waals surface area contributed by atoms with E-state index in [0.29, 0.717) is 22.7 Å². The Morgan fingerprint density at radius 3 is 2.77 bits per heavy atom. The number of amides is 1. The fourth-order valence-electron chi connectivity index (χ4n) is 3.04. The van der Waals surface area contributed by atoms with E-state index in [-0.39, 0.29) is 23.5 Å². The maximum atomic E-state index is 12.8. The number of hydrogen-bond acceptors (Lipinski definition) is 6. The lowest BCUT2D eigenvalue weighted by Crippen LogP contribution is -2.24. The molecule has 0 fully saturated rings. The fourth-order valence-corrected chi connectivity index (χ4v) is 4.19. The molecule has 0 aliphatic heterocycles. The normalized spacial score (nSPS) is 10.9. The highest BCUT2D eigenvalue weighted by molar-refractivity contribution is 9.10. The summed E-state index contributed by atoms with van der Waals surface area (Å²) in [5.74, 6) is 0.340. The number of ether oxygens (including phenoxy) is 1. The molecule has 9 heteroatoms. The molecule has 1 N–H and O–H groups in total. The van der Waals surface area contributed by atoms with E-state index in [4.69, 9.17) is 4.74 Å². The van der Waals surface area contributed by atoms with Gasteiger partial charge in [0.25, 0.3) is 11.5 Å². The van der Waals surface area contributed by atoms with Gasteiger partial charge in [-0.3, -0.25) is 14.2 Å². The topological polar surface area (TPSA) is 86.1 Å². The number of nitrogens with one attached hydrogen (secondary N) is 1. The summed E-state index contributed by atoms with van der Waals surface area (Å²) in [6.45, 7) is 0.663. The van der Waals surface area contributed by atoms with Crippen LogP contribution in [0.5, 0.6) is 5.75 Å². The molecule has 0 aliphatic carbocycles. The molecule has 0 radical (unpaired) electrons. The highest BCUT2D eigenvalue weighted by atomic mass is 79.9. The van der Waals surface area contributed by atoms with Crippen LogP contribution in [-0.4, -0.2) is 26.9 Å². The second-order valence-electron chi connectivity index (χ2n) is 6.51. The van der Waals surface area contributed by atoms with Gasteiger partial charge in [0.1, 0.15) is 16.1 Å². The number of fused-ring (bicyclic) bond motifs is 1. The van der Waals surface area contributed by atoms with Gasteiger partial charge in [0.15, 0.2) is 5.52 Å². The Balaban J connectivity index is 1.56. The predicted octanol–water partition coefficient (Wildman–Crippen LogP) is 3.60. The maximum Gasteiger partial charge on any atom is 0.281 e. The number of halogens is 1. The summed E-state index contributed by atoms with van der Waals surface area (Å²) >= 11 is 4.39. The number of carbonyl (C=O) groups excluding carboxylic acids is 1. The summed E-state index contributed by atoms with van der Waals surface area (Å²) < 4.78 is 11.9. The van der Waals surface area contributed by atoms with Crippen LogP contribution in [0.3, 0.4) is 0 Å². The second-order valence-corrected chi connectivity index (χ2v) is 8.20. The van der Waals surface area contributed by atoms with Crippen molar-refractivity contribution in [1.82, 2.24) is 19.2 Å². The predicted molar refractivity (Wildman–Crippen MR) is 119 cm³/mol. The van der Waals surface area contributed by atoms with Crippen molar-refractivity contribution in [3.8, 4) is 5.75 Å². The van der Waals surface area contributed by atoms with Gasteiger partial charge in [0, 0.05) is 16.6 Å². The van der Waals surface area contributed by atoms with E-state index in [1.54, 1.807) is 7.11 Å². The van der Waals surface area contributed by atoms with Crippen molar-refractivity contribution < 1.29 is 9.53 Å². The number of aromatic nitrogens is 3. The van der Waals surface area contributed by atoms with Crippen molar-refractivity contribution in [2.75, 3.05) is 7.11 Å². The Morgan fingerprint density at radius 1 is 1.20 bits per heavy atom. The van der Waals surface area contributed by atoms with E-state index in [0.717, 1.165) is 27.1 Å². The van der Waals surface area contributed by atoms with Gasteiger partial charge in [-0.1, -0.05) is 46.3 Å². The first kappa shape index (κ1) is 20.2. The summed E-state index contributed by atoms with van der Waals surface area (Å²) in [5.41, 5.74) is 2.05. The van der Waals surface area contributed by atoms with Crippen molar-refractivity contribution in [1.29, 1.82) is 0 Å². The van der Waals surface area contributed by atoms with E-state index >= 15 is 0 Å². The average Bonchev–Trinajstić information content (AvgIpc) is 3.20. The Kier molecular flexibility index (Phi) is 5.91. The second kappa shape index (κ2) is 8.76. The summed E-state index contributed by atoms with van der Waals surface area (Å²) in [6, 6.07) is 15.2. The van der Waals surface area contributed by atoms with Crippen LogP contribution in [0.1, 0.15) is 20.8 Å². The SMILES string of the molecule is COc1ccc(Br)cc1CNC(=O)c1snc2c(=O)n(Cc3ccccc3)cnc12. The molecule has 0 saturated heterocycles. The lowest BCUT2D eigenvalue weighted by Gasteiger charge is -2.10. The number of hydrogen-bond donors (Lipinski definition) is 1. The van der Waals surface area contributed by atoms with Crippen LogP contribution in [0.4, 0.5) is 0 Å². The molecule has 4 rings (SSSR count). The maximum absolute atomic E-state index is 12.8. The highest BCUT2D eigenvalue weighted by Crippen LogP contribution is 2.23. The zero-order valence-electron chi connectivity index (χ0n) is 16.0. The molecule has 2 aromatic carbocycles. The summed E-state index contributed by atoms with van der Waals surface area (Å²) in [4.78, 5) is 30.2. The van der Waals surface area contributed by atoms with Crippen LogP contribution < -0.4 is 15.6 Å². The minimum Gasteiger partial charge on any atom is -0.496 e. The van der Waals surface area contributed by atoms with Crippen molar-refractivity contribution >= 4 is 44.4 Å². The monoisotopic (exact) mass is 484 g/mol. The van der Waals surface area contributed by atoms with E-state index < -0.39 is 0 Å². The minimum atomic E-state index is -0.336. The summed E-state index contributed by atoms with van der Waals surface area (Å²) in [6.07, 6.45) is 1.46. The fraction of sp³-hybridized carbons (Fsp3) is 0.143. The largest absolute Gasteiger partial charge is 0.496 e. The third kappa shape index (κ3) is 4.12. The number of benzene rings is 2. The van der Waals surface area contributed by atoms with Crippen LogP contribution in [0.25, 0.3) is 11.0 Å². The minimum absolute atomic E-state index is 0.198. The third-order valence-electron chi connectivity index (χ3n) is 4.54. The molecule has 152 valence electrons. The lowest BCUT2D eigenvalue weighted by molar-refractivity contribution is 0.0956. The zero-order chi connectivity index (χ0) is 21.1. The van der Waals surface area contributed by atoms with Crippen LogP contribution in [0.2, 0.25) is 0 Å². The van der Waals surface area contributed by atoms with E-state index in [2.05, 4.69) is 30.6 Å². The zero-order valence-corrected chi connectivity index (χ0v) is 18.4. The number of rotatable bonds is 6. The summed E-state index contributed by atoms with van der Waals surface area (Å²) in [5, 5.41) is 2.85. The van der Waals surface area contributed by atoms with Gasteiger partial charge >= 0.3 is 0 Å². The summed E-state index contributed by atoms with van der Waals surface area (Å²) in [7, 11) is 1.58. The van der Waals surface area contributed by atoms with Gasteiger partial charge in [-0.25, -0.2) is 4.98 Å². The molecule has 2 aromatic heterocycles. The van der Waals surface area contributed by atoms with Crippen molar-refractivity contribution in [2.24, 2.45) is 0 Å². The van der Waals surface area contributed by atoms with Crippen LogP contribution >= 0.6 is 27.5 Å². The quantitative estimate of drug-likeness (QED) is 0.451. The number of methoxy groups -OCH3 is 1. The van der Waals surface area contributed by atoms with E-state index in [1.807, 2.05) is 48.5 Å². The standard InChI is InChI=1S/C21H17BrN4O3S/c1-29-16-8-7-15(22)9-14(16)10-23-20(27)19-17-18(25-30-19)21(28)26(12-24-17)11-13-5-3-2-4-6-13/h2-9,12H,10-11H2,1H3,(H,23,27). The molecule has 7 nitrogen and oxygen atoms in total. The van der Waals surface area contributed by atoms with Gasteiger partial charge in [-0.05, 0) is 35.3 Å². The first-order valence-corrected chi connectivity index (χ1v) is 10.6. The molecule has 0 atom stereocenters. The molecular formula is C21H17BrN4O3S. The van der Waals surface area contributed by atoms with Gasteiger partial charge in [0.2, 0.25) is 0 Å². The number of nitrogens with zero attached hydrogens (tertiary/aromatic N) is 3. The Labute approximate surface area is 184 Å². The molecular weight excluding hydrogens is 468 g/mol. The van der Waals surface area contributed by atoms with Gasteiger partial charge in [-0.15, -0.1) is 0 Å².